The van der Waals surface area contributed by atoms with Crippen molar-refractivity contribution in [3.05, 3.63) is 42.0 Å². The molecule has 2 rings (SSSR count). The molecular formula is C16H19NO3. The molecule has 1 atom stereocenters. The summed E-state index contributed by atoms with van der Waals surface area (Å²) in [5.41, 5.74) is 1.73. The molecule has 1 N–H and O–H groups in total. The van der Waals surface area contributed by atoms with Gasteiger partial charge < -0.3 is 10.0 Å². The molecule has 106 valence electrons. The molecular weight excluding hydrogens is 254 g/mol. The molecule has 1 aromatic carbocycles. The van der Waals surface area contributed by atoms with Crippen LogP contribution < -0.4 is 4.90 Å². The number of benzene rings is 1. The van der Waals surface area contributed by atoms with Gasteiger partial charge in [0.2, 0.25) is 5.91 Å². The Balaban J connectivity index is 2.22. The highest BCUT2D eigenvalue weighted by molar-refractivity contribution is 5.98. The Morgan fingerprint density at radius 3 is 2.50 bits per heavy atom. The third-order valence-electron chi connectivity index (χ3n) is 3.52. The minimum absolute atomic E-state index is 0.0967. The first-order valence-electron chi connectivity index (χ1n) is 6.83. The van der Waals surface area contributed by atoms with E-state index in [-0.39, 0.29) is 18.4 Å². The number of carbonyl (C=O) groups is 2. The van der Waals surface area contributed by atoms with Crippen molar-refractivity contribution in [1.82, 2.24) is 0 Å². The highest BCUT2D eigenvalue weighted by atomic mass is 16.4. The summed E-state index contributed by atoms with van der Waals surface area (Å²) >= 11 is 0. The molecule has 0 radical (unpaired) electrons. The molecule has 0 saturated heterocycles. The van der Waals surface area contributed by atoms with Gasteiger partial charge >= 0.3 is 5.97 Å². The maximum atomic E-state index is 12.5. The van der Waals surface area contributed by atoms with Gasteiger partial charge in [0.25, 0.3) is 0 Å². The topological polar surface area (TPSA) is 57.6 Å². The van der Waals surface area contributed by atoms with Gasteiger partial charge in [-0.3, -0.25) is 9.59 Å². The highest BCUT2D eigenvalue weighted by Gasteiger charge is 2.26. The van der Waals surface area contributed by atoms with Crippen molar-refractivity contribution in [3.8, 4) is 0 Å². The van der Waals surface area contributed by atoms with Crippen molar-refractivity contribution in [2.45, 2.75) is 26.2 Å². The monoisotopic (exact) mass is 273 g/mol. The fourth-order valence-electron chi connectivity index (χ4n) is 2.39. The lowest BCUT2D eigenvalue weighted by atomic mass is 9.93. The van der Waals surface area contributed by atoms with Crippen molar-refractivity contribution >= 4 is 17.6 Å². The summed E-state index contributed by atoms with van der Waals surface area (Å²) < 4.78 is 0. The van der Waals surface area contributed by atoms with Crippen LogP contribution in [0.1, 0.15) is 24.8 Å². The lowest BCUT2D eigenvalue weighted by Crippen LogP contribution is -2.40. The number of carboxylic acids is 1. The summed E-state index contributed by atoms with van der Waals surface area (Å²) in [7, 11) is 0. The van der Waals surface area contributed by atoms with E-state index in [1.165, 1.54) is 4.90 Å². The summed E-state index contributed by atoms with van der Waals surface area (Å²) in [6.07, 6.45) is 6.43. The SMILES string of the molecule is Cc1ccc(N(CC(=O)O)C(=O)C2CC=CCC2)cc1. The van der Waals surface area contributed by atoms with Crippen LogP contribution in [0.2, 0.25) is 0 Å². The fourth-order valence-corrected chi connectivity index (χ4v) is 2.39. The van der Waals surface area contributed by atoms with Crippen LogP contribution in [0, 0.1) is 12.8 Å². The van der Waals surface area contributed by atoms with Gasteiger partial charge in [-0.15, -0.1) is 0 Å². The van der Waals surface area contributed by atoms with E-state index in [1.54, 1.807) is 12.1 Å². The second-order valence-electron chi connectivity index (χ2n) is 5.14. The number of aliphatic carboxylic acids is 1. The molecule has 0 aromatic heterocycles. The smallest absolute Gasteiger partial charge is 0.323 e. The van der Waals surface area contributed by atoms with Crippen molar-refractivity contribution in [3.63, 3.8) is 0 Å². The maximum absolute atomic E-state index is 12.5. The Morgan fingerprint density at radius 1 is 1.25 bits per heavy atom. The molecule has 0 spiro atoms. The average Bonchev–Trinajstić information content (AvgIpc) is 2.46. The first-order chi connectivity index (χ1) is 9.58. The third kappa shape index (κ3) is 3.47. The van der Waals surface area contributed by atoms with Gasteiger partial charge in [0.15, 0.2) is 0 Å². The van der Waals surface area contributed by atoms with Crippen LogP contribution in [0.15, 0.2) is 36.4 Å². The Kier molecular flexibility index (Phi) is 4.56. The predicted octanol–water partition coefficient (Wildman–Crippen LogP) is 2.77. The number of rotatable bonds is 4. The van der Waals surface area contributed by atoms with Crippen molar-refractivity contribution in [2.75, 3.05) is 11.4 Å². The Hall–Kier alpha value is -2.10. The van der Waals surface area contributed by atoms with Gasteiger partial charge in [-0.2, -0.15) is 0 Å². The van der Waals surface area contributed by atoms with E-state index in [9.17, 15) is 9.59 Å². The van der Waals surface area contributed by atoms with Crippen molar-refractivity contribution in [1.29, 1.82) is 0 Å². The van der Waals surface area contributed by atoms with E-state index < -0.39 is 5.97 Å². The van der Waals surface area contributed by atoms with Gasteiger partial charge in [-0.05, 0) is 38.3 Å². The second-order valence-corrected chi connectivity index (χ2v) is 5.14. The summed E-state index contributed by atoms with van der Waals surface area (Å²) in [4.78, 5) is 25.0. The van der Waals surface area contributed by atoms with Gasteiger partial charge in [0.1, 0.15) is 6.54 Å². The zero-order valence-electron chi connectivity index (χ0n) is 11.6. The highest BCUT2D eigenvalue weighted by Crippen LogP contribution is 2.24. The number of carbonyl (C=O) groups excluding carboxylic acids is 1. The maximum Gasteiger partial charge on any atom is 0.323 e. The summed E-state index contributed by atoms with van der Waals surface area (Å²) in [6.45, 7) is 1.67. The van der Waals surface area contributed by atoms with Gasteiger partial charge in [-0.25, -0.2) is 0 Å². The van der Waals surface area contributed by atoms with Gasteiger partial charge in [-0.1, -0.05) is 29.8 Å². The standard InChI is InChI=1S/C16H19NO3/c1-12-7-9-14(10-8-12)17(11-15(18)19)16(20)13-5-3-2-4-6-13/h2-3,7-10,13H,4-6,11H2,1H3,(H,18,19). The molecule has 0 fully saturated rings. The molecule has 1 aromatic rings. The lowest BCUT2D eigenvalue weighted by Gasteiger charge is -2.26. The second kappa shape index (κ2) is 6.37. The largest absolute Gasteiger partial charge is 0.480 e. The van der Waals surface area contributed by atoms with E-state index in [0.717, 1.165) is 18.4 Å². The first-order valence-corrected chi connectivity index (χ1v) is 6.83. The van der Waals surface area contributed by atoms with Crippen LogP contribution in [0.5, 0.6) is 0 Å². The van der Waals surface area contributed by atoms with E-state index in [4.69, 9.17) is 5.11 Å². The minimum atomic E-state index is -0.995. The van der Waals surface area contributed by atoms with E-state index in [0.29, 0.717) is 12.1 Å². The molecule has 1 aliphatic carbocycles. The molecule has 4 nitrogen and oxygen atoms in total. The Bertz CT molecular complexity index is 519. The lowest BCUT2D eigenvalue weighted by molar-refractivity contribution is -0.137. The number of anilines is 1. The van der Waals surface area contributed by atoms with Crippen molar-refractivity contribution in [2.24, 2.45) is 5.92 Å². The molecule has 1 unspecified atom stereocenters. The fraction of sp³-hybridized carbons (Fsp3) is 0.375. The van der Waals surface area contributed by atoms with E-state index >= 15 is 0 Å². The molecule has 20 heavy (non-hydrogen) atoms. The van der Waals surface area contributed by atoms with Crippen LogP contribution in [0.3, 0.4) is 0 Å². The quantitative estimate of drug-likeness (QED) is 0.858. The normalized spacial score (nSPS) is 17.8. The molecule has 0 heterocycles. The number of hydrogen-bond acceptors (Lipinski definition) is 2. The summed E-state index contributed by atoms with van der Waals surface area (Å²) in [5.74, 6) is -1.20. The van der Waals surface area contributed by atoms with Gasteiger partial charge in [0, 0.05) is 11.6 Å². The number of hydrogen-bond donors (Lipinski definition) is 1. The number of amides is 1. The number of aryl methyl sites for hydroxylation is 1. The number of allylic oxidation sites excluding steroid dienone is 2. The van der Waals surface area contributed by atoms with Gasteiger partial charge in [0.05, 0.1) is 0 Å². The molecule has 0 aliphatic heterocycles. The summed E-state index contributed by atoms with van der Waals surface area (Å²) in [6, 6.07) is 7.38. The van der Waals surface area contributed by atoms with Crippen LogP contribution in [-0.2, 0) is 9.59 Å². The van der Waals surface area contributed by atoms with Crippen LogP contribution in [-0.4, -0.2) is 23.5 Å². The molecule has 1 aliphatic rings. The van der Waals surface area contributed by atoms with Crippen molar-refractivity contribution < 1.29 is 14.7 Å². The molecule has 4 heteroatoms. The predicted molar refractivity (Wildman–Crippen MR) is 77.6 cm³/mol. The Labute approximate surface area is 118 Å². The molecule has 0 saturated carbocycles. The minimum Gasteiger partial charge on any atom is -0.480 e. The van der Waals surface area contributed by atoms with E-state index in [1.807, 2.05) is 25.1 Å². The Morgan fingerprint density at radius 2 is 1.95 bits per heavy atom. The van der Waals surface area contributed by atoms with Crippen LogP contribution in [0.25, 0.3) is 0 Å². The van der Waals surface area contributed by atoms with Crippen LogP contribution >= 0.6 is 0 Å². The van der Waals surface area contributed by atoms with E-state index in [2.05, 4.69) is 6.08 Å². The average molecular weight is 273 g/mol. The number of nitrogens with zero attached hydrogens (tertiary/aromatic N) is 1. The zero-order valence-corrected chi connectivity index (χ0v) is 11.6. The van der Waals surface area contributed by atoms with Crippen LogP contribution in [0.4, 0.5) is 5.69 Å². The molecule has 1 amide bonds. The molecule has 0 bridgehead atoms. The zero-order chi connectivity index (χ0) is 14.5. The number of carboxylic acid groups (broad SMARTS) is 1. The first kappa shape index (κ1) is 14.3. The summed E-state index contributed by atoms with van der Waals surface area (Å²) in [5, 5.41) is 9.04. The third-order valence-corrected chi connectivity index (χ3v) is 3.52.